The molecule has 1 saturated carbocycles. The molecule has 0 bridgehead atoms. The Morgan fingerprint density at radius 3 is 1.63 bits per heavy atom. The molecule has 6 nitrogen and oxygen atoms in total. The van der Waals surface area contributed by atoms with Gasteiger partial charge in [-0.25, -0.2) is 0 Å². The van der Waals surface area contributed by atoms with Gasteiger partial charge in [-0.3, -0.25) is 19.2 Å². The fourth-order valence-electron chi connectivity index (χ4n) is 3.81. The summed E-state index contributed by atoms with van der Waals surface area (Å²) in [7, 11) is 0. The number of hydrogen-bond donors (Lipinski definition) is 0. The molecule has 0 aliphatic heterocycles. The normalized spacial score (nSPS) is 15.4. The van der Waals surface area contributed by atoms with Crippen molar-refractivity contribution in [1.82, 2.24) is 0 Å². The van der Waals surface area contributed by atoms with E-state index in [-0.39, 0.29) is 26.1 Å². The van der Waals surface area contributed by atoms with E-state index in [1.807, 2.05) is 0 Å². The third-order valence-corrected chi connectivity index (χ3v) is 5.78. The molecule has 1 aliphatic carbocycles. The highest BCUT2D eigenvalue weighted by atomic mass is 16.5. The minimum absolute atomic E-state index is 0.0182. The van der Waals surface area contributed by atoms with Crippen molar-refractivity contribution in [3.8, 4) is 0 Å². The van der Waals surface area contributed by atoms with Crippen LogP contribution in [-0.4, -0.2) is 36.7 Å². The Balaban J connectivity index is 2.46. The third-order valence-electron chi connectivity index (χ3n) is 5.78. The zero-order valence-electron chi connectivity index (χ0n) is 19.0. The molecular weight excluding hydrogens is 384 g/mol. The first kappa shape index (κ1) is 26.3. The predicted octanol–water partition coefficient (Wildman–Crippen LogP) is 5.10. The number of esters is 2. The summed E-state index contributed by atoms with van der Waals surface area (Å²) in [5.41, 5.74) is -1.99. The lowest BCUT2D eigenvalue weighted by atomic mass is 9.81. The third kappa shape index (κ3) is 8.57. The number of hydrogen-bond acceptors (Lipinski definition) is 6. The van der Waals surface area contributed by atoms with Crippen LogP contribution in [0.1, 0.15) is 110 Å². The van der Waals surface area contributed by atoms with Gasteiger partial charge in [-0.1, -0.05) is 78.1 Å². The van der Waals surface area contributed by atoms with Crippen LogP contribution in [0.5, 0.6) is 0 Å². The number of ether oxygens (including phenoxy) is 2. The highest BCUT2D eigenvalue weighted by Gasteiger charge is 2.58. The number of Topliss-reactive ketones (excluding diaryl/α,β-unsaturated/α-hetero) is 2. The van der Waals surface area contributed by atoms with E-state index in [9.17, 15) is 19.2 Å². The van der Waals surface area contributed by atoms with Crippen LogP contribution in [0, 0.1) is 5.41 Å². The molecule has 1 rings (SSSR count). The van der Waals surface area contributed by atoms with Crippen molar-refractivity contribution in [2.75, 3.05) is 13.2 Å². The molecule has 0 saturated heterocycles. The quantitative estimate of drug-likeness (QED) is 0.183. The van der Waals surface area contributed by atoms with Gasteiger partial charge in [-0.2, -0.15) is 0 Å². The molecule has 0 atom stereocenters. The van der Waals surface area contributed by atoms with Gasteiger partial charge in [-0.05, 0) is 12.8 Å². The Kier molecular flexibility index (Phi) is 13.3. The lowest BCUT2D eigenvalue weighted by molar-refractivity contribution is -0.168. The SMILES string of the molecule is CCCCCCCCOC(=O)CC1(C(=O)OCCCCCCCC)C(=O)CCC1=O. The summed E-state index contributed by atoms with van der Waals surface area (Å²) >= 11 is 0. The maximum absolute atomic E-state index is 12.7. The highest BCUT2D eigenvalue weighted by molar-refractivity contribution is 6.27. The zero-order chi connectivity index (χ0) is 22.2. The molecule has 0 amide bonds. The Morgan fingerprint density at radius 1 is 0.700 bits per heavy atom. The number of ketones is 2. The molecule has 0 heterocycles. The standard InChI is InChI=1S/C24H40O6/c1-3-5-7-9-11-13-17-29-22(27)19-24(20(25)15-16-21(24)26)23(28)30-18-14-12-10-8-6-4-2/h3-19H2,1-2H3. The van der Waals surface area contributed by atoms with Crippen LogP contribution in [0.2, 0.25) is 0 Å². The van der Waals surface area contributed by atoms with Gasteiger partial charge >= 0.3 is 11.9 Å². The molecule has 0 aromatic heterocycles. The topological polar surface area (TPSA) is 86.7 Å². The van der Waals surface area contributed by atoms with E-state index >= 15 is 0 Å². The fraction of sp³-hybridized carbons (Fsp3) is 0.833. The minimum Gasteiger partial charge on any atom is -0.466 e. The number of unbranched alkanes of at least 4 members (excludes halogenated alkanes) is 10. The van der Waals surface area contributed by atoms with E-state index < -0.39 is 35.3 Å². The molecule has 1 fully saturated rings. The molecule has 0 N–H and O–H groups in total. The molecular formula is C24H40O6. The molecule has 1 aliphatic rings. The Hall–Kier alpha value is -1.72. The molecule has 0 aromatic carbocycles. The van der Waals surface area contributed by atoms with E-state index in [2.05, 4.69) is 13.8 Å². The second kappa shape index (κ2) is 15.1. The summed E-state index contributed by atoms with van der Waals surface area (Å²) < 4.78 is 10.5. The van der Waals surface area contributed by atoms with Crippen molar-refractivity contribution in [1.29, 1.82) is 0 Å². The Labute approximate surface area is 181 Å². The molecule has 0 aromatic rings. The molecule has 0 unspecified atom stereocenters. The summed E-state index contributed by atoms with van der Waals surface area (Å²) in [4.78, 5) is 49.8. The van der Waals surface area contributed by atoms with Crippen LogP contribution < -0.4 is 0 Å². The van der Waals surface area contributed by atoms with Crippen molar-refractivity contribution >= 4 is 23.5 Å². The lowest BCUT2D eigenvalue weighted by Gasteiger charge is -2.22. The largest absolute Gasteiger partial charge is 0.466 e. The monoisotopic (exact) mass is 424 g/mol. The summed E-state index contributed by atoms with van der Waals surface area (Å²) in [6.07, 6.45) is 12.0. The molecule has 6 heteroatoms. The van der Waals surface area contributed by atoms with Crippen LogP contribution in [0.25, 0.3) is 0 Å². The van der Waals surface area contributed by atoms with Gasteiger partial charge in [0.1, 0.15) is 0 Å². The van der Waals surface area contributed by atoms with Crippen molar-refractivity contribution in [3.05, 3.63) is 0 Å². The van der Waals surface area contributed by atoms with Gasteiger partial charge in [0.05, 0.1) is 19.6 Å². The van der Waals surface area contributed by atoms with E-state index in [0.717, 1.165) is 44.9 Å². The Morgan fingerprint density at radius 2 is 1.13 bits per heavy atom. The number of rotatable bonds is 17. The van der Waals surface area contributed by atoms with Crippen molar-refractivity contribution in [3.63, 3.8) is 0 Å². The predicted molar refractivity (Wildman–Crippen MR) is 115 cm³/mol. The van der Waals surface area contributed by atoms with Gasteiger partial charge in [-0.15, -0.1) is 0 Å². The second-order valence-electron chi connectivity index (χ2n) is 8.32. The van der Waals surface area contributed by atoms with E-state index in [0.29, 0.717) is 6.42 Å². The highest BCUT2D eigenvalue weighted by Crippen LogP contribution is 2.37. The Bertz CT molecular complexity index is 538. The summed E-state index contributed by atoms with van der Waals surface area (Å²) in [6, 6.07) is 0. The van der Waals surface area contributed by atoms with Gasteiger partial charge < -0.3 is 9.47 Å². The average molecular weight is 425 g/mol. The van der Waals surface area contributed by atoms with E-state index in [1.54, 1.807) is 0 Å². The van der Waals surface area contributed by atoms with Gasteiger partial charge in [0.25, 0.3) is 0 Å². The first-order chi connectivity index (χ1) is 14.5. The maximum Gasteiger partial charge on any atom is 0.327 e. The second-order valence-corrected chi connectivity index (χ2v) is 8.32. The van der Waals surface area contributed by atoms with Gasteiger partial charge in [0, 0.05) is 12.8 Å². The summed E-state index contributed by atoms with van der Waals surface area (Å²) in [6.45, 7) is 4.72. The van der Waals surface area contributed by atoms with Crippen molar-refractivity contribution in [2.45, 2.75) is 110 Å². The van der Waals surface area contributed by atoms with Crippen LogP contribution in [0.15, 0.2) is 0 Å². The minimum atomic E-state index is -1.99. The molecule has 0 spiro atoms. The van der Waals surface area contributed by atoms with Crippen LogP contribution in [0.4, 0.5) is 0 Å². The lowest BCUT2D eigenvalue weighted by Crippen LogP contribution is -2.44. The number of carbonyl (C=O) groups is 4. The summed E-state index contributed by atoms with van der Waals surface area (Å²) in [5, 5.41) is 0. The van der Waals surface area contributed by atoms with Crippen LogP contribution in [0.3, 0.4) is 0 Å². The first-order valence-corrected chi connectivity index (χ1v) is 11.9. The van der Waals surface area contributed by atoms with Gasteiger partial charge in [0.15, 0.2) is 17.0 Å². The van der Waals surface area contributed by atoms with Crippen LogP contribution in [-0.2, 0) is 28.7 Å². The van der Waals surface area contributed by atoms with Crippen LogP contribution >= 0.6 is 0 Å². The molecule has 0 radical (unpaired) electrons. The molecule has 172 valence electrons. The summed E-state index contributed by atoms with van der Waals surface area (Å²) in [5.74, 6) is -2.59. The fourth-order valence-corrected chi connectivity index (χ4v) is 3.81. The smallest absolute Gasteiger partial charge is 0.327 e. The average Bonchev–Trinajstić information content (AvgIpc) is 3.01. The van der Waals surface area contributed by atoms with E-state index in [4.69, 9.17) is 9.47 Å². The first-order valence-electron chi connectivity index (χ1n) is 11.9. The van der Waals surface area contributed by atoms with Crippen molar-refractivity contribution in [2.24, 2.45) is 5.41 Å². The number of carbonyl (C=O) groups excluding carboxylic acids is 4. The van der Waals surface area contributed by atoms with Gasteiger partial charge in [0.2, 0.25) is 0 Å². The van der Waals surface area contributed by atoms with E-state index in [1.165, 1.54) is 25.7 Å². The maximum atomic E-state index is 12.7. The zero-order valence-corrected chi connectivity index (χ0v) is 19.0. The van der Waals surface area contributed by atoms with Crippen molar-refractivity contribution < 1.29 is 28.7 Å². The molecule has 30 heavy (non-hydrogen) atoms.